The van der Waals surface area contributed by atoms with Gasteiger partial charge >= 0.3 is 11.9 Å². The summed E-state index contributed by atoms with van der Waals surface area (Å²) in [5, 5.41) is 10.00. The highest BCUT2D eigenvalue weighted by molar-refractivity contribution is 6.31. The smallest absolute Gasteiger partial charge is 0.310 e. The van der Waals surface area contributed by atoms with Crippen LogP contribution in [0, 0.1) is 0 Å². The fourth-order valence-corrected chi connectivity index (χ4v) is 7.52. The number of halogens is 2. The molecule has 2 fully saturated rings. The van der Waals surface area contributed by atoms with Gasteiger partial charge in [-0.05, 0) is 97.1 Å². The lowest BCUT2D eigenvalue weighted by molar-refractivity contribution is -0.156. The molecule has 0 spiro atoms. The van der Waals surface area contributed by atoms with Crippen LogP contribution in [0.5, 0.6) is 0 Å². The van der Waals surface area contributed by atoms with E-state index in [9.17, 15) is 33.6 Å². The van der Waals surface area contributed by atoms with Gasteiger partial charge in [-0.2, -0.15) is 0 Å². The van der Waals surface area contributed by atoms with Gasteiger partial charge in [-0.1, -0.05) is 47.5 Å². The SMILES string of the molecule is CC(=O)N1CCN(C(=O)c2cccc(-c3ccco3)c2)CC1C(=O)Nc1ccc(Cl)cc1.CC(=O)OC(C)=O.O=C(Nc1ccc(Cl)cc1)C1CN(C(=O)c2cccc(-c3ccco3)c2)CCN1. The standard InChI is InChI=1S/C24H22ClN3O4.C22H20ClN3O3.C4H6O3/c1-16(29)28-12-11-27(15-21(28)23(30)26-20-9-7-19(25)8-10-20)24(31)18-5-2-4-17(14-18)22-6-3-13-32-22;23-17-6-8-18(9-7-17)25-21(27)19-14-26(11-10-24-19)22(28)16-4-1-3-15(13-16)20-5-2-12-29-20;1-3(5)7-4(2)6/h2-10,13-14,21H,11-12,15H2,1H3,(H,26,30);1-9,12-13,19,24H,10-11,14H2,(H,25,27);1-2H3. The zero-order valence-corrected chi connectivity index (χ0v) is 38.8. The Balaban J connectivity index is 0.000000197. The zero-order valence-electron chi connectivity index (χ0n) is 37.3. The summed E-state index contributed by atoms with van der Waals surface area (Å²) < 4.78 is 14.8. The quantitative estimate of drug-likeness (QED) is 0.0999. The van der Waals surface area contributed by atoms with Gasteiger partial charge in [0.05, 0.1) is 19.1 Å². The fourth-order valence-electron chi connectivity index (χ4n) is 7.26. The number of anilines is 2. The third-order valence-electron chi connectivity index (χ3n) is 10.5. The number of carbonyl (C=O) groups excluding carboxylic acids is 7. The molecule has 4 aromatic carbocycles. The first-order valence-corrected chi connectivity index (χ1v) is 22.1. The van der Waals surface area contributed by atoms with Gasteiger partial charge in [0, 0.05) is 97.2 Å². The van der Waals surface area contributed by atoms with Crippen LogP contribution in [0.1, 0.15) is 41.5 Å². The second-order valence-electron chi connectivity index (χ2n) is 15.4. The summed E-state index contributed by atoms with van der Waals surface area (Å²) in [6.45, 7) is 5.88. The molecule has 0 bridgehead atoms. The van der Waals surface area contributed by atoms with Crippen LogP contribution < -0.4 is 16.0 Å². The maximum Gasteiger partial charge on any atom is 0.310 e. The van der Waals surface area contributed by atoms with Gasteiger partial charge < -0.3 is 44.2 Å². The van der Waals surface area contributed by atoms with Crippen molar-refractivity contribution in [2.24, 2.45) is 0 Å². The summed E-state index contributed by atoms with van der Waals surface area (Å²) >= 11 is 11.8. The van der Waals surface area contributed by atoms with Crippen LogP contribution in [0.3, 0.4) is 0 Å². The van der Waals surface area contributed by atoms with E-state index in [0.717, 1.165) is 11.1 Å². The average molecular weight is 964 g/mol. The first-order chi connectivity index (χ1) is 32.6. The van der Waals surface area contributed by atoms with Crippen molar-refractivity contribution >= 4 is 76.1 Å². The molecule has 2 aliphatic rings. The van der Waals surface area contributed by atoms with Gasteiger partial charge in [0.25, 0.3) is 11.8 Å². The van der Waals surface area contributed by atoms with E-state index >= 15 is 0 Å². The molecule has 68 heavy (non-hydrogen) atoms. The molecule has 4 heterocycles. The van der Waals surface area contributed by atoms with Crippen molar-refractivity contribution in [2.75, 3.05) is 49.9 Å². The van der Waals surface area contributed by atoms with Crippen LogP contribution >= 0.6 is 23.2 Å². The van der Waals surface area contributed by atoms with E-state index in [1.54, 1.807) is 101 Å². The van der Waals surface area contributed by atoms with Gasteiger partial charge in [-0.3, -0.25) is 33.6 Å². The number of esters is 2. The number of piperazine rings is 2. The summed E-state index contributed by atoms with van der Waals surface area (Å²) in [6, 6.07) is 34.1. The van der Waals surface area contributed by atoms with Crippen molar-refractivity contribution in [1.29, 1.82) is 0 Å². The van der Waals surface area contributed by atoms with Gasteiger partial charge in [0.2, 0.25) is 17.7 Å². The van der Waals surface area contributed by atoms with E-state index in [0.29, 0.717) is 70.2 Å². The summed E-state index contributed by atoms with van der Waals surface area (Å²) in [7, 11) is 0. The molecule has 2 unspecified atom stereocenters. The first kappa shape index (κ1) is 49.9. The maximum absolute atomic E-state index is 13.2. The molecule has 0 radical (unpaired) electrons. The van der Waals surface area contributed by atoms with Crippen molar-refractivity contribution in [3.8, 4) is 22.6 Å². The number of rotatable bonds is 8. The second kappa shape index (κ2) is 23.8. The third kappa shape index (κ3) is 14.0. The summed E-state index contributed by atoms with van der Waals surface area (Å²) in [5.74, 6) is -0.816. The number of hydrogen-bond acceptors (Lipinski definition) is 11. The highest BCUT2D eigenvalue weighted by Crippen LogP contribution is 2.25. The van der Waals surface area contributed by atoms with Crippen LogP contribution in [0.15, 0.2) is 143 Å². The van der Waals surface area contributed by atoms with Gasteiger partial charge in [-0.25, -0.2) is 0 Å². The highest BCUT2D eigenvalue weighted by Gasteiger charge is 2.36. The number of carbonyl (C=O) groups is 7. The highest BCUT2D eigenvalue weighted by atomic mass is 35.5. The minimum atomic E-state index is -0.797. The van der Waals surface area contributed by atoms with Crippen molar-refractivity contribution in [3.05, 3.63) is 155 Å². The number of ether oxygens (including phenoxy) is 1. The Morgan fingerprint density at radius 1 is 0.588 bits per heavy atom. The Hall–Kier alpha value is -7.53. The second-order valence-corrected chi connectivity index (χ2v) is 16.3. The van der Waals surface area contributed by atoms with Crippen LogP contribution in [0.25, 0.3) is 22.6 Å². The van der Waals surface area contributed by atoms with Crippen LogP contribution in [-0.2, 0) is 28.7 Å². The molecule has 2 saturated heterocycles. The van der Waals surface area contributed by atoms with Crippen LogP contribution in [0.4, 0.5) is 11.4 Å². The average Bonchev–Trinajstić information content (AvgIpc) is 4.09. The predicted molar refractivity (Wildman–Crippen MR) is 256 cm³/mol. The molecule has 16 nitrogen and oxygen atoms in total. The van der Waals surface area contributed by atoms with Gasteiger partial charge in [-0.15, -0.1) is 0 Å². The fraction of sp³-hybridized carbons (Fsp3) is 0.220. The molecule has 352 valence electrons. The lowest BCUT2D eigenvalue weighted by atomic mass is 10.1. The molecule has 2 aliphatic heterocycles. The van der Waals surface area contributed by atoms with Gasteiger partial charge in [0.1, 0.15) is 23.6 Å². The normalized spacial score (nSPS) is 15.3. The Morgan fingerprint density at radius 3 is 1.51 bits per heavy atom. The van der Waals surface area contributed by atoms with E-state index in [1.165, 1.54) is 25.7 Å². The minimum absolute atomic E-state index is 0.100. The lowest BCUT2D eigenvalue weighted by Crippen LogP contribution is -2.60. The molecular weight excluding hydrogens is 915 g/mol. The molecule has 2 atom stereocenters. The molecule has 3 N–H and O–H groups in total. The Bertz CT molecular complexity index is 2700. The Morgan fingerprint density at radius 2 is 1.07 bits per heavy atom. The molecule has 0 aliphatic carbocycles. The number of furan rings is 2. The zero-order chi connectivity index (χ0) is 48.7. The topological polar surface area (TPSA) is 201 Å². The minimum Gasteiger partial charge on any atom is -0.464 e. The van der Waals surface area contributed by atoms with E-state index < -0.39 is 24.0 Å². The van der Waals surface area contributed by atoms with Crippen molar-refractivity contribution in [2.45, 2.75) is 32.9 Å². The van der Waals surface area contributed by atoms with Crippen molar-refractivity contribution < 1.29 is 47.1 Å². The van der Waals surface area contributed by atoms with Crippen molar-refractivity contribution in [3.63, 3.8) is 0 Å². The molecule has 6 aromatic rings. The van der Waals surface area contributed by atoms with E-state index in [-0.39, 0.29) is 42.6 Å². The van der Waals surface area contributed by atoms with Crippen molar-refractivity contribution in [1.82, 2.24) is 20.0 Å². The molecule has 0 saturated carbocycles. The molecule has 18 heteroatoms. The molecule has 2 aromatic heterocycles. The number of nitrogens with zero attached hydrogens (tertiary/aromatic N) is 3. The molecule has 8 rings (SSSR count). The Labute approximate surface area is 402 Å². The lowest BCUT2D eigenvalue weighted by Gasteiger charge is -2.40. The Kier molecular flexibility index (Phi) is 17.4. The van der Waals surface area contributed by atoms with Crippen LogP contribution in [0.2, 0.25) is 10.0 Å². The largest absolute Gasteiger partial charge is 0.464 e. The van der Waals surface area contributed by atoms with Crippen LogP contribution in [-0.4, -0.2) is 108 Å². The number of amides is 5. The summed E-state index contributed by atoms with van der Waals surface area (Å²) in [4.78, 5) is 88.4. The third-order valence-corrected chi connectivity index (χ3v) is 11.0. The summed E-state index contributed by atoms with van der Waals surface area (Å²) in [5.41, 5.74) is 3.92. The molecule has 5 amide bonds. The monoisotopic (exact) mass is 962 g/mol. The number of benzene rings is 4. The maximum atomic E-state index is 13.2. The van der Waals surface area contributed by atoms with E-state index in [2.05, 4.69) is 20.7 Å². The predicted octanol–water partition coefficient (Wildman–Crippen LogP) is 7.66. The molecular formula is C50H48Cl2N6O10. The summed E-state index contributed by atoms with van der Waals surface area (Å²) in [6.07, 6.45) is 3.18. The van der Waals surface area contributed by atoms with E-state index in [1.807, 2.05) is 42.5 Å². The first-order valence-electron chi connectivity index (χ1n) is 21.3. The number of hydrogen-bond donors (Lipinski definition) is 3. The van der Waals surface area contributed by atoms with E-state index in [4.69, 9.17) is 32.0 Å². The number of nitrogens with one attached hydrogen (secondary N) is 3. The van der Waals surface area contributed by atoms with Gasteiger partial charge in [0.15, 0.2) is 0 Å².